The molecule has 4 heteroatoms. The second-order valence-electron chi connectivity index (χ2n) is 6.85. The fraction of sp³-hybridized carbons (Fsp3) is 0.588. The molecule has 1 amide bonds. The molecule has 1 atom stereocenters. The zero-order valence-electron chi connectivity index (χ0n) is 13.1. The standard InChI is InChI=1S/C17H26N2O2/c1-17(2,3)13-6-4-12(5-7-13)15(20)10-19-16(21)11-18-14-8-9-14/h4-7,14-15,18,20H,8-11H2,1-3H3,(H,19,21). The maximum Gasteiger partial charge on any atom is 0.234 e. The van der Waals surface area contributed by atoms with Gasteiger partial charge in [-0.05, 0) is 29.4 Å². The maximum absolute atomic E-state index is 11.6. The zero-order chi connectivity index (χ0) is 15.5. The molecule has 1 fully saturated rings. The summed E-state index contributed by atoms with van der Waals surface area (Å²) >= 11 is 0. The Morgan fingerprint density at radius 1 is 1.29 bits per heavy atom. The van der Waals surface area contributed by atoms with Gasteiger partial charge in [-0.1, -0.05) is 45.0 Å². The van der Waals surface area contributed by atoms with Gasteiger partial charge in [0.15, 0.2) is 0 Å². The topological polar surface area (TPSA) is 61.4 Å². The predicted molar refractivity (Wildman–Crippen MR) is 84.1 cm³/mol. The van der Waals surface area contributed by atoms with E-state index in [0.717, 1.165) is 18.4 Å². The SMILES string of the molecule is CC(C)(C)c1ccc(C(O)CNC(=O)CNC2CC2)cc1. The molecular weight excluding hydrogens is 264 g/mol. The summed E-state index contributed by atoms with van der Waals surface area (Å²) in [5.41, 5.74) is 2.17. The summed E-state index contributed by atoms with van der Waals surface area (Å²) in [6, 6.07) is 8.45. The Hall–Kier alpha value is -1.39. The number of carbonyl (C=O) groups excluding carboxylic acids is 1. The third kappa shape index (κ3) is 5.14. The van der Waals surface area contributed by atoms with Crippen LogP contribution in [0.4, 0.5) is 0 Å². The highest BCUT2D eigenvalue weighted by Crippen LogP contribution is 2.23. The Labute approximate surface area is 126 Å². The number of hydrogen-bond acceptors (Lipinski definition) is 3. The molecule has 1 aliphatic rings. The van der Waals surface area contributed by atoms with Gasteiger partial charge in [-0.2, -0.15) is 0 Å². The van der Waals surface area contributed by atoms with Gasteiger partial charge in [-0.3, -0.25) is 4.79 Å². The lowest BCUT2D eigenvalue weighted by atomic mass is 9.86. The van der Waals surface area contributed by atoms with Crippen molar-refractivity contribution in [1.29, 1.82) is 0 Å². The number of benzene rings is 1. The molecule has 0 heterocycles. The molecule has 21 heavy (non-hydrogen) atoms. The van der Waals surface area contributed by atoms with E-state index in [1.54, 1.807) is 0 Å². The van der Waals surface area contributed by atoms with Crippen molar-refractivity contribution in [2.45, 2.75) is 51.2 Å². The average molecular weight is 290 g/mol. The van der Waals surface area contributed by atoms with Crippen molar-refractivity contribution < 1.29 is 9.90 Å². The van der Waals surface area contributed by atoms with E-state index >= 15 is 0 Å². The normalized spacial score (nSPS) is 16.6. The lowest BCUT2D eigenvalue weighted by Gasteiger charge is -2.20. The average Bonchev–Trinajstić information content (AvgIpc) is 3.26. The highest BCUT2D eigenvalue weighted by molar-refractivity contribution is 5.78. The molecule has 0 radical (unpaired) electrons. The minimum absolute atomic E-state index is 0.0627. The molecule has 4 nitrogen and oxygen atoms in total. The summed E-state index contributed by atoms with van der Waals surface area (Å²) in [4.78, 5) is 11.6. The molecule has 1 saturated carbocycles. The van der Waals surface area contributed by atoms with Gasteiger partial charge in [0.1, 0.15) is 0 Å². The van der Waals surface area contributed by atoms with E-state index in [9.17, 15) is 9.90 Å². The van der Waals surface area contributed by atoms with Crippen molar-refractivity contribution in [3.8, 4) is 0 Å². The second kappa shape index (κ2) is 6.58. The summed E-state index contributed by atoms with van der Waals surface area (Å²) < 4.78 is 0. The summed E-state index contributed by atoms with van der Waals surface area (Å²) in [5, 5.41) is 16.0. The lowest BCUT2D eigenvalue weighted by Crippen LogP contribution is -2.36. The van der Waals surface area contributed by atoms with Crippen LogP contribution < -0.4 is 10.6 Å². The number of hydrogen-bond donors (Lipinski definition) is 3. The van der Waals surface area contributed by atoms with Gasteiger partial charge in [-0.25, -0.2) is 0 Å². The second-order valence-corrected chi connectivity index (χ2v) is 6.85. The first-order valence-electron chi connectivity index (χ1n) is 7.65. The van der Waals surface area contributed by atoms with Gasteiger partial charge in [0.2, 0.25) is 5.91 Å². The molecule has 1 aromatic rings. The smallest absolute Gasteiger partial charge is 0.234 e. The first kappa shape index (κ1) is 16.0. The molecule has 3 N–H and O–H groups in total. The molecule has 116 valence electrons. The van der Waals surface area contributed by atoms with Gasteiger partial charge in [0.05, 0.1) is 12.6 Å². The van der Waals surface area contributed by atoms with E-state index in [1.807, 2.05) is 24.3 Å². The molecule has 1 aromatic carbocycles. The highest BCUT2D eigenvalue weighted by atomic mass is 16.3. The number of aliphatic hydroxyl groups is 1. The molecule has 0 saturated heterocycles. The number of rotatable bonds is 6. The first-order valence-corrected chi connectivity index (χ1v) is 7.65. The Balaban J connectivity index is 1.79. The quantitative estimate of drug-likeness (QED) is 0.750. The summed E-state index contributed by atoms with van der Waals surface area (Å²) in [6.07, 6.45) is 1.66. The first-order chi connectivity index (χ1) is 9.86. The van der Waals surface area contributed by atoms with Gasteiger partial charge in [0.25, 0.3) is 0 Å². The summed E-state index contributed by atoms with van der Waals surface area (Å²) in [7, 11) is 0. The minimum atomic E-state index is -0.663. The van der Waals surface area contributed by atoms with Gasteiger partial charge in [-0.15, -0.1) is 0 Å². The van der Waals surface area contributed by atoms with Crippen molar-refractivity contribution in [1.82, 2.24) is 10.6 Å². The van der Waals surface area contributed by atoms with Crippen molar-refractivity contribution >= 4 is 5.91 Å². The fourth-order valence-electron chi connectivity index (χ4n) is 2.12. The number of aliphatic hydroxyl groups excluding tert-OH is 1. The largest absolute Gasteiger partial charge is 0.387 e. The van der Waals surface area contributed by atoms with Gasteiger partial charge in [0, 0.05) is 12.6 Å². The molecule has 0 spiro atoms. The van der Waals surface area contributed by atoms with Crippen molar-refractivity contribution in [3.63, 3.8) is 0 Å². The van der Waals surface area contributed by atoms with Crippen LogP contribution in [0.2, 0.25) is 0 Å². The summed E-state index contributed by atoms with van der Waals surface area (Å²) in [6.45, 7) is 7.06. The van der Waals surface area contributed by atoms with Crippen molar-refractivity contribution in [3.05, 3.63) is 35.4 Å². The number of amides is 1. The Morgan fingerprint density at radius 2 is 1.90 bits per heavy atom. The van der Waals surface area contributed by atoms with Crippen LogP contribution in [-0.2, 0) is 10.2 Å². The van der Waals surface area contributed by atoms with Crippen LogP contribution in [0, 0.1) is 0 Å². The van der Waals surface area contributed by atoms with Crippen LogP contribution in [0.3, 0.4) is 0 Å². The zero-order valence-corrected chi connectivity index (χ0v) is 13.1. The Kier molecular flexibility index (Phi) is 5.01. The Bertz CT molecular complexity index is 473. The third-order valence-corrected chi connectivity index (χ3v) is 3.78. The maximum atomic E-state index is 11.6. The molecule has 0 aromatic heterocycles. The van der Waals surface area contributed by atoms with E-state index in [1.165, 1.54) is 5.56 Å². The molecule has 1 unspecified atom stereocenters. The number of carbonyl (C=O) groups is 1. The van der Waals surface area contributed by atoms with E-state index in [-0.39, 0.29) is 17.9 Å². The van der Waals surface area contributed by atoms with E-state index < -0.39 is 6.10 Å². The van der Waals surface area contributed by atoms with Crippen molar-refractivity contribution in [2.75, 3.05) is 13.1 Å². The van der Waals surface area contributed by atoms with E-state index in [2.05, 4.69) is 31.4 Å². The van der Waals surface area contributed by atoms with Crippen LogP contribution in [-0.4, -0.2) is 30.1 Å². The van der Waals surface area contributed by atoms with E-state index in [0.29, 0.717) is 12.6 Å². The van der Waals surface area contributed by atoms with Crippen LogP contribution >= 0.6 is 0 Å². The molecule has 0 aliphatic heterocycles. The molecular formula is C17H26N2O2. The van der Waals surface area contributed by atoms with Crippen LogP contribution in [0.25, 0.3) is 0 Å². The van der Waals surface area contributed by atoms with E-state index in [4.69, 9.17) is 0 Å². The van der Waals surface area contributed by atoms with Gasteiger partial charge < -0.3 is 15.7 Å². The van der Waals surface area contributed by atoms with Gasteiger partial charge >= 0.3 is 0 Å². The van der Waals surface area contributed by atoms with Crippen LogP contribution in [0.1, 0.15) is 50.8 Å². The van der Waals surface area contributed by atoms with Crippen LogP contribution in [0.15, 0.2) is 24.3 Å². The third-order valence-electron chi connectivity index (χ3n) is 3.78. The molecule has 2 rings (SSSR count). The number of nitrogens with one attached hydrogen (secondary N) is 2. The molecule has 0 bridgehead atoms. The monoisotopic (exact) mass is 290 g/mol. The summed E-state index contributed by atoms with van der Waals surface area (Å²) in [5.74, 6) is -0.0627. The van der Waals surface area contributed by atoms with Crippen molar-refractivity contribution in [2.24, 2.45) is 0 Å². The highest BCUT2D eigenvalue weighted by Gasteiger charge is 2.21. The fourth-order valence-corrected chi connectivity index (χ4v) is 2.12. The minimum Gasteiger partial charge on any atom is -0.387 e. The molecule has 1 aliphatic carbocycles. The predicted octanol–water partition coefficient (Wildman–Crippen LogP) is 1.89. The van der Waals surface area contributed by atoms with Crippen LogP contribution in [0.5, 0.6) is 0 Å². The lowest BCUT2D eigenvalue weighted by molar-refractivity contribution is -0.120. The Morgan fingerprint density at radius 3 is 2.43 bits per heavy atom.